The minimum absolute atomic E-state index is 0.0207. The number of pyridine rings is 1. The SMILES string of the molecule is COc1cc(-c2cc(C(=O)N3CC[C@H](C(=O)NCC4C=NC(C)=CN4C)CC34CC4)[nH]n2)c(F)cn1. The van der Waals surface area contributed by atoms with E-state index in [0.29, 0.717) is 31.6 Å². The summed E-state index contributed by atoms with van der Waals surface area (Å²) in [6.07, 6.45) is 7.83. The highest BCUT2D eigenvalue weighted by atomic mass is 19.1. The number of carbonyl (C=O) groups is 2. The second-order valence-electron chi connectivity index (χ2n) is 9.77. The first-order chi connectivity index (χ1) is 17.3. The van der Waals surface area contributed by atoms with Crippen LogP contribution in [0, 0.1) is 11.7 Å². The van der Waals surface area contributed by atoms with E-state index in [1.165, 1.54) is 13.2 Å². The molecule has 2 aromatic heterocycles. The van der Waals surface area contributed by atoms with E-state index in [1.807, 2.05) is 36.2 Å². The molecule has 2 fully saturated rings. The van der Waals surface area contributed by atoms with Gasteiger partial charge in [-0.3, -0.25) is 19.7 Å². The maximum absolute atomic E-state index is 14.3. The summed E-state index contributed by atoms with van der Waals surface area (Å²) in [5.74, 6) is -0.603. The molecule has 2 atom stereocenters. The minimum Gasteiger partial charge on any atom is -0.481 e. The van der Waals surface area contributed by atoms with Gasteiger partial charge in [-0.05, 0) is 38.7 Å². The lowest BCUT2D eigenvalue weighted by atomic mass is 9.88. The monoisotopic (exact) mass is 495 g/mol. The Bertz CT molecular complexity index is 1240. The Morgan fingerprint density at radius 1 is 1.33 bits per heavy atom. The number of allylic oxidation sites excluding steroid dienone is 1. The maximum Gasteiger partial charge on any atom is 0.272 e. The van der Waals surface area contributed by atoms with Crippen LogP contribution in [0.2, 0.25) is 0 Å². The van der Waals surface area contributed by atoms with Crippen LogP contribution in [0.1, 0.15) is 43.1 Å². The molecule has 5 rings (SSSR count). The third-order valence-electron chi connectivity index (χ3n) is 7.32. The van der Waals surface area contributed by atoms with E-state index in [2.05, 4.69) is 25.5 Å². The normalized spacial score (nSPS) is 22.4. The first kappa shape index (κ1) is 24.0. The van der Waals surface area contributed by atoms with Crippen LogP contribution in [0.3, 0.4) is 0 Å². The van der Waals surface area contributed by atoms with Crippen molar-refractivity contribution in [1.29, 1.82) is 0 Å². The lowest BCUT2D eigenvalue weighted by molar-refractivity contribution is -0.127. The maximum atomic E-state index is 14.3. The van der Waals surface area contributed by atoms with E-state index in [0.717, 1.165) is 24.7 Å². The zero-order valence-corrected chi connectivity index (χ0v) is 20.6. The van der Waals surface area contributed by atoms with E-state index in [4.69, 9.17) is 4.74 Å². The highest BCUT2D eigenvalue weighted by Gasteiger charge is 2.54. The fourth-order valence-electron chi connectivity index (χ4n) is 5.07. The first-order valence-electron chi connectivity index (χ1n) is 12.1. The van der Waals surface area contributed by atoms with Gasteiger partial charge < -0.3 is 19.9 Å². The molecule has 0 bridgehead atoms. The molecule has 36 heavy (non-hydrogen) atoms. The molecule has 11 heteroatoms. The quantitative estimate of drug-likeness (QED) is 0.636. The van der Waals surface area contributed by atoms with Gasteiger partial charge in [-0.1, -0.05) is 0 Å². The number of hydrogen-bond donors (Lipinski definition) is 2. The molecule has 0 radical (unpaired) electrons. The largest absolute Gasteiger partial charge is 0.481 e. The Hall–Kier alpha value is -3.76. The van der Waals surface area contributed by atoms with E-state index in [-0.39, 0.29) is 46.5 Å². The summed E-state index contributed by atoms with van der Waals surface area (Å²) in [5.41, 5.74) is 1.42. The number of aromatic amines is 1. The summed E-state index contributed by atoms with van der Waals surface area (Å²) in [5, 5.41) is 9.98. The van der Waals surface area contributed by atoms with Crippen LogP contribution in [0.5, 0.6) is 5.88 Å². The van der Waals surface area contributed by atoms with Crippen LogP contribution < -0.4 is 10.1 Å². The molecular weight excluding hydrogens is 465 g/mol. The van der Waals surface area contributed by atoms with Gasteiger partial charge in [0.1, 0.15) is 5.69 Å². The van der Waals surface area contributed by atoms with Gasteiger partial charge in [0, 0.05) is 55.6 Å². The zero-order chi connectivity index (χ0) is 25.4. The number of hydrogen-bond acceptors (Lipinski definition) is 7. The van der Waals surface area contributed by atoms with Gasteiger partial charge in [-0.15, -0.1) is 0 Å². The van der Waals surface area contributed by atoms with Crippen molar-refractivity contribution in [3.8, 4) is 17.1 Å². The predicted molar refractivity (Wildman–Crippen MR) is 131 cm³/mol. The summed E-state index contributed by atoms with van der Waals surface area (Å²) in [6.45, 7) is 2.90. The fourth-order valence-corrected chi connectivity index (χ4v) is 5.07. The number of nitrogens with zero attached hydrogens (tertiary/aromatic N) is 5. The Morgan fingerprint density at radius 2 is 2.14 bits per heavy atom. The van der Waals surface area contributed by atoms with Crippen molar-refractivity contribution >= 4 is 18.0 Å². The summed E-state index contributed by atoms with van der Waals surface area (Å²) in [6, 6.07) is 3.02. The van der Waals surface area contributed by atoms with Gasteiger partial charge in [-0.2, -0.15) is 5.10 Å². The highest BCUT2D eigenvalue weighted by Crippen LogP contribution is 2.50. The number of carbonyl (C=O) groups excluding carboxylic acids is 2. The van der Waals surface area contributed by atoms with Gasteiger partial charge in [0.05, 0.1) is 30.7 Å². The average molecular weight is 496 g/mol. The van der Waals surface area contributed by atoms with E-state index in [9.17, 15) is 14.0 Å². The number of aromatic nitrogens is 3. The average Bonchev–Trinajstić information content (AvgIpc) is 3.44. The van der Waals surface area contributed by atoms with Crippen LogP contribution in [-0.2, 0) is 4.79 Å². The Kier molecular flexibility index (Phi) is 6.23. The van der Waals surface area contributed by atoms with Gasteiger partial charge in [-0.25, -0.2) is 9.37 Å². The number of H-pyrrole nitrogens is 1. The zero-order valence-electron chi connectivity index (χ0n) is 20.6. The van der Waals surface area contributed by atoms with E-state index < -0.39 is 5.82 Å². The van der Waals surface area contributed by atoms with Gasteiger partial charge in [0.25, 0.3) is 5.91 Å². The van der Waals surface area contributed by atoms with Crippen molar-refractivity contribution in [1.82, 2.24) is 30.3 Å². The van der Waals surface area contributed by atoms with Gasteiger partial charge in [0.15, 0.2) is 5.82 Å². The van der Waals surface area contributed by atoms with Crippen molar-refractivity contribution in [2.45, 2.75) is 44.2 Å². The summed E-state index contributed by atoms with van der Waals surface area (Å²) < 4.78 is 19.4. The molecule has 190 valence electrons. The second-order valence-corrected chi connectivity index (χ2v) is 9.77. The fraction of sp³-hybridized carbons (Fsp3) is 0.480. The van der Waals surface area contributed by atoms with Crippen LogP contribution in [-0.4, -0.2) is 81.8 Å². The van der Waals surface area contributed by atoms with E-state index in [1.54, 1.807) is 6.07 Å². The van der Waals surface area contributed by atoms with Crippen molar-refractivity contribution in [2.24, 2.45) is 10.9 Å². The van der Waals surface area contributed by atoms with Crippen molar-refractivity contribution in [3.05, 3.63) is 41.7 Å². The molecule has 0 aromatic carbocycles. The topological polar surface area (TPSA) is 116 Å². The number of likely N-dealkylation sites (N-methyl/N-ethyl adjacent to an activating group) is 1. The summed E-state index contributed by atoms with van der Waals surface area (Å²) in [4.78, 5) is 38.4. The molecule has 1 saturated carbocycles. The van der Waals surface area contributed by atoms with Crippen molar-refractivity contribution in [2.75, 3.05) is 27.2 Å². The smallest absolute Gasteiger partial charge is 0.272 e. The molecule has 2 aromatic rings. The van der Waals surface area contributed by atoms with Crippen molar-refractivity contribution < 1.29 is 18.7 Å². The molecule has 1 spiro atoms. The van der Waals surface area contributed by atoms with Crippen LogP contribution >= 0.6 is 0 Å². The van der Waals surface area contributed by atoms with Gasteiger partial charge >= 0.3 is 0 Å². The lowest BCUT2D eigenvalue weighted by Gasteiger charge is -2.39. The van der Waals surface area contributed by atoms with Crippen LogP contribution in [0.25, 0.3) is 11.3 Å². The molecule has 10 nitrogen and oxygen atoms in total. The number of halogens is 1. The van der Waals surface area contributed by atoms with Crippen LogP contribution in [0.15, 0.2) is 35.2 Å². The lowest BCUT2D eigenvalue weighted by Crippen LogP contribution is -2.52. The van der Waals surface area contributed by atoms with E-state index >= 15 is 0 Å². The Morgan fingerprint density at radius 3 is 2.86 bits per heavy atom. The number of piperidine rings is 1. The number of ether oxygens (including phenoxy) is 1. The third kappa shape index (κ3) is 4.57. The molecule has 1 aliphatic carbocycles. The molecular formula is C25H30FN7O3. The molecule has 3 aliphatic rings. The van der Waals surface area contributed by atoms with Gasteiger partial charge in [0.2, 0.25) is 11.8 Å². The number of aliphatic imine (C=N–C) groups is 1. The molecule has 2 amide bonds. The molecule has 1 unspecified atom stereocenters. The Labute approximate surface area is 208 Å². The number of methoxy groups -OCH3 is 1. The number of likely N-dealkylation sites (tertiary alicyclic amines) is 1. The third-order valence-corrected chi connectivity index (χ3v) is 7.32. The standard InChI is InChI=1S/C25H30FN7O3/c1-15-14-32(2)17(11-27-15)12-29-23(34)16-4-7-33(25(10-16)5-6-25)24(35)21-9-20(30-31-21)18-8-22(36-3)28-13-19(18)26/h8-9,11,13-14,16-17H,4-7,10,12H2,1-3H3,(H,29,34)(H,30,31)/t16-,17?/m0/s1. The first-order valence-corrected chi connectivity index (χ1v) is 12.1. The second kappa shape index (κ2) is 9.36. The predicted octanol–water partition coefficient (Wildman–Crippen LogP) is 2.37. The number of nitrogens with one attached hydrogen (secondary N) is 2. The molecule has 2 aliphatic heterocycles. The number of rotatable bonds is 6. The molecule has 2 N–H and O–H groups in total. The summed E-state index contributed by atoms with van der Waals surface area (Å²) >= 11 is 0. The molecule has 4 heterocycles. The highest BCUT2D eigenvalue weighted by molar-refractivity contribution is 5.94. The molecule has 1 saturated heterocycles. The van der Waals surface area contributed by atoms with Crippen molar-refractivity contribution in [3.63, 3.8) is 0 Å². The van der Waals surface area contributed by atoms with Crippen LogP contribution in [0.4, 0.5) is 4.39 Å². The minimum atomic E-state index is -0.552. The summed E-state index contributed by atoms with van der Waals surface area (Å²) in [7, 11) is 3.42. The Balaban J connectivity index is 1.22. The number of amides is 2.